The zero-order valence-electron chi connectivity index (χ0n) is 32.1. The van der Waals surface area contributed by atoms with Crippen LogP contribution in [0.25, 0.3) is 6.08 Å². The minimum atomic E-state index is -3.74. The van der Waals surface area contributed by atoms with E-state index in [1.807, 2.05) is 45.9 Å². The van der Waals surface area contributed by atoms with E-state index in [0.29, 0.717) is 29.2 Å². The van der Waals surface area contributed by atoms with Gasteiger partial charge < -0.3 is 41.2 Å². The van der Waals surface area contributed by atoms with Crippen LogP contribution in [0.1, 0.15) is 73.7 Å². The van der Waals surface area contributed by atoms with Crippen LogP contribution in [0.5, 0.6) is 0 Å². The Hall–Kier alpha value is -1.44. The van der Waals surface area contributed by atoms with Gasteiger partial charge in [-0.1, -0.05) is 40.2 Å². The van der Waals surface area contributed by atoms with Crippen molar-refractivity contribution in [3.8, 4) is 0 Å². The summed E-state index contributed by atoms with van der Waals surface area (Å²) in [5, 5.41) is 0.613. The average Bonchev–Trinajstić information content (AvgIpc) is 3.37. The first kappa shape index (κ1) is 46.0. The summed E-state index contributed by atoms with van der Waals surface area (Å²) in [5.74, 6) is 0.784. The van der Waals surface area contributed by atoms with Crippen LogP contribution < -0.4 is 5.46 Å². The quantitative estimate of drug-likeness (QED) is 0.0367. The maximum atomic E-state index is 13.6. The Kier molecular flexibility index (Phi) is 17.4. The van der Waals surface area contributed by atoms with Gasteiger partial charge in [-0.05, 0) is 99.8 Å². The van der Waals surface area contributed by atoms with Gasteiger partial charge in [-0.2, -0.15) is 0 Å². The van der Waals surface area contributed by atoms with Crippen LogP contribution in [0, 0.1) is 0 Å². The number of hydrogen-bond acceptors (Lipinski definition) is 13. The molecule has 18 heteroatoms. The third kappa shape index (κ3) is 13.3. The van der Waals surface area contributed by atoms with Crippen LogP contribution in [0.4, 0.5) is 0 Å². The van der Waals surface area contributed by atoms with Gasteiger partial charge in [0.25, 0.3) is 0 Å². The average molecular weight is 865 g/mol. The molecule has 0 aliphatic carbocycles. The van der Waals surface area contributed by atoms with Crippen LogP contribution >= 0.6 is 38.7 Å². The van der Waals surface area contributed by atoms with Crippen molar-refractivity contribution >= 4 is 63.3 Å². The Morgan fingerprint density at radius 3 is 1.85 bits per heavy atom. The third-order valence-corrected chi connectivity index (χ3v) is 15.1. The van der Waals surface area contributed by atoms with E-state index in [1.165, 1.54) is 34.3 Å². The second kappa shape index (κ2) is 20.1. The van der Waals surface area contributed by atoms with Crippen molar-refractivity contribution in [1.82, 2.24) is 0 Å². The monoisotopic (exact) mass is 864 g/mol. The Bertz CT molecular complexity index is 1690. The normalized spacial score (nSPS) is 17.9. The highest BCUT2D eigenvalue weighted by atomic mass is 79.9. The summed E-state index contributed by atoms with van der Waals surface area (Å²) in [5.41, 5.74) is 3.09. The summed E-state index contributed by atoms with van der Waals surface area (Å²) in [6, 6.07) is 11.0. The number of aryl methyl sites for hydroxylation is 2. The van der Waals surface area contributed by atoms with E-state index in [1.54, 1.807) is 31.2 Å². The smallest absolute Gasteiger partial charge is 0.465 e. The SMILES string of the molecule is CCOP(=O)(/C=C/c1cc(B2OC(C)(C)C(C)(C)O2)cc(C(=O)OC)c1)OCCCOP(=O)(CCc1cc(CBr)cc(CCP(=O)(OC)OC)c1)OC. The van der Waals surface area contributed by atoms with Crippen LogP contribution in [-0.4, -0.2) is 84.9 Å². The topological polar surface area (TPSA) is 151 Å². The summed E-state index contributed by atoms with van der Waals surface area (Å²) in [4.78, 5) is 12.5. The summed E-state index contributed by atoms with van der Waals surface area (Å²) in [6.07, 6.45) is 3.06. The lowest BCUT2D eigenvalue weighted by atomic mass is 9.77. The third-order valence-electron chi connectivity index (χ3n) is 8.98. The molecule has 1 fully saturated rings. The molecule has 0 N–H and O–H groups in total. The summed E-state index contributed by atoms with van der Waals surface area (Å²) in [6.45, 7) is 9.56. The van der Waals surface area contributed by atoms with Gasteiger partial charge in [-0.3, -0.25) is 13.7 Å². The molecule has 3 rings (SSSR count). The maximum absolute atomic E-state index is 13.6. The molecule has 0 bridgehead atoms. The second-order valence-electron chi connectivity index (χ2n) is 13.3. The van der Waals surface area contributed by atoms with Crippen molar-refractivity contribution in [2.75, 3.05) is 60.6 Å². The Balaban J connectivity index is 1.63. The molecule has 1 aliphatic heterocycles. The molecule has 0 saturated carbocycles. The van der Waals surface area contributed by atoms with Gasteiger partial charge in [0.2, 0.25) is 0 Å². The minimum Gasteiger partial charge on any atom is -0.465 e. The fourth-order valence-electron chi connectivity index (χ4n) is 5.26. The Morgan fingerprint density at radius 1 is 0.774 bits per heavy atom. The van der Waals surface area contributed by atoms with E-state index in [0.717, 1.165) is 16.7 Å². The van der Waals surface area contributed by atoms with E-state index < -0.39 is 47.1 Å². The fraction of sp³-hybridized carbons (Fsp3) is 0.571. The van der Waals surface area contributed by atoms with Crippen molar-refractivity contribution in [3.63, 3.8) is 0 Å². The molecule has 0 amide bonds. The molecular weight excluding hydrogens is 812 g/mol. The van der Waals surface area contributed by atoms with Crippen molar-refractivity contribution in [2.45, 2.75) is 70.4 Å². The number of benzene rings is 2. The van der Waals surface area contributed by atoms with Crippen LogP contribution in [0.15, 0.2) is 42.2 Å². The molecule has 2 unspecified atom stereocenters. The molecule has 13 nitrogen and oxygen atoms in total. The molecule has 1 heterocycles. The first-order chi connectivity index (χ1) is 24.9. The van der Waals surface area contributed by atoms with Crippen LogP contribution in [0.3, 0.4) is 0 Å². The standard InChI is InChI=1S/C35H53BBrO13P3/c1-10-46-53(41,19-14-29-23-31(33(38)42-6)25-32(24-29)36-49-34(2,3)35(4,5)50-36)48-16-11-15-47-52(40,45-9)18-13-28-20-27(21-30(22-28)26-37)12-17-51(39,43-7)44-8/h14,19-25H,10-13,15-18,26H2,1-9H3/b19-14+. The van der Waals surface area contributed by atoms with E-state index in [4.69, 9.17) is 41.2 Å². The zero-order chi connectivity index (χ0) is 39.5. The molecule has 296 valence electrons. The Labute approximate surface area is 323 Å². The lowest BCUT2D eigenvalue weighted by Crippen LogP contribution is -2.41. The fourth-order valence-corrected chi connectivity index (χ4v) is 9.33. The van der Waals surface area contributed by atoms with Gasteiger partial charge >= 0.3 is 35.9 Å². The van der Waals surface area contributed by atoms with Crippen LogP contribution in [0.2, 0.25) is 0 Å². The van der Waals surface area contributed by atoms with Gasteiger partial charge in [0.05, 0.1) is 56.0 Å². The van der Waals surface area contributed by atoms with Crippen molar-refractivity contribution in [2.24, 2.45) is 0 Å². The minimum absolute atomic E-state index is 0.0177. The number of halogens is 1. The molecular formula is C35H53BBrO13P3. The number of carbonyl (C=O) groups is 1. The molecule has 0 aromatic heterocycles. The highest BCUT2D eigenvalue weighted by Crippen LogP contribution is 2.51. The van der Waals surface area contributed by atoms with Gasteiger partial charge in [-0.25, -0.2) is 4.79 Å². The molecule has 2 aromatic carbocycles. The molecule has 1 saturated heterocycles. The number of alkyl halides is 1. The summed E-state index contributed by atoms with van der Waals surface area (Å²) >= 11 is 3.50. The molecule has 2 atom stereocenters. The highest BCUT2D eigenvalue weighted by molar-refractivity contribution is 9.08. The predicted octanol–water partition coefficient (Wildman–Crippen LogP) is 8.40. The van der Waals surface area contributed by atoms with Crippen molar-refractivity contribution in [3.05, 3.63) is 70.0 Å². The second-order valence-corrected chi connectivity index (χ2v) is 20.4. The number of methoxy groups -OCH3 is 1. The number of hydrogen-bond donors (Lipinski definition) is 0. The van der Waals surface area contributed by atoms with Crippen molar-refractivity contribution < 1.29 is 59.7 Å². The van der Waals surface area contributed by atoms with Crippen LogP contribution in [-0.2, 0) is 73.1 Å². The van der Waals surface area contributed by atoms with Crippen molar-refractivity contribution in [1.29, 1.82) is 0 Å². The first-order valence-electron chi connectivity index (χ1n) is 17.2. The first-order valence-corrected chi connectivity index (χ1v) is 23.4. The molecule has 2 aromatic rings. The molecule has 53 heavy (non-hydrogen) atoms. The number of rotatable bonds is 22. The number of esters is 1. The van der Waals surface area contributed by atoms with Gasteiger partial charge in [0.15, 0.2) is 0 Å². The number of ether oxygens (including phenoxy) is 1. The summed E-state index contributed by atoms with van der Waals surface area (Å²) < 4.78 is 89.3. The lowest BCUT2D eigenvalue weighted by molar-refractivity contribution is 0.00578. The maximum Gasteiger partial charge on any atom is 0.494 e. The van der Waals surface area contributed by atoms with Gasteiger partial charge in [0.1, 0.15) is 0 Å². The van der Waals surface area contributed by atoms with E-state index in [9.17, 15) is 18.5 Å². The largest absolute Gasteiger partial charge is 0.494 e. The number of carbonyl (C=O) groups excluding carboxylic acids is 1. The zero-order valence-corrected chi connectivity index (χ0v) is 36.4. The van der Waals surface area contributed by atoms with Gasteiger partial charge in [-0.15, -0.1) is 0 Å². The van der Waals surface area contributed by atoms with E-state index >= 15 is 0 Å². The molecule has 0 spiro atoms. The Morgan fingerprint density at radius 2 is 1.32 bits per heavy atom. The van der Waals surface area contributed by atoms with E-state index in [-0.39, 0.29) is 44.1 Å². The van der Waals surface area contributed by atoms with E-state index in [2.05, 4.69) is 15.9 Å². The molecule has 1 aliphatic rings. The summed E-state index contributed by atoms with van der Waals surface area (Å²) in [7, 11) is -5.75. The highest BCUT2D eigenvalue weighted by Gasteiger charge is 2.51. The lowest BCUT2D eigenvalue weighted by Gasteiger charge is -2.32. The van der Waals surface area contributed by atoms with Gasteiger partial charge in [0, 0.05) is 32.5 Å². The predicted molar refractivity (Wildman–Crippen MR) is 211 cm³/mol. The molecule has 0 radical (unpaired) electrons.